The highest BCUT2D eigenvalue weighted by atomic mass is 32.2. The number of para-hydroxylation sites is 1. The molecule has 2 heterocycles. The van der Waals surface area contributed by atoms with Gasteiger partial charge in [-0.2, -0.15) is 4.68 Å². The standard InChI is InChI=1S/C20H21N7S/c1-4-26-19(16-10-8-9-14(2)13-16)21-23-20(26)28-15(3)18-22-24-25-27(18)17-11-6-5-7-12-17/h5-13,15H,4H2,1-3H3. The van der Waals surface area contributed by atoms with Crippen LogP contribution in [0.2, 0.25) is 0 Å². The minimum atomic E-state index is 0.00932. The minimum Gasteiger partial charge on any atom is -0.302 e. The molecule has 142 valence electrons. The van der Waals surface area contributed by atoms with Crippen molar-refractivity contribution >= 4 is 11.8 Å². The van der Waals surface area contributed by atoms with Crippen LogP contribution in [0.25, 0.3) is 17.1 Å². The number of aromatic nitrogens is 7. The molecule has 1 atom stereocenters. The molecular formula is C20H21N7S. The van der Waals surface area contributed by atoms with Crippen LogP contribution in [0.3, 0.4) is 0 Å². The van der Waals surface area contributed by atoms with Crippen molar-refractivity contribution in [2.24, 2.45) is 0 Å². The summed E-state index contributed by atoms with van der Waals surface area (Å²) in [6.45, 7) is 7.05. The molecule has 28 heavy (non-hydrogen) atoms. The molecule has 0 fully saturated rings. The van der Waals surface area contributed by atoms with Gasteiger partial charge in [0.1, 0.15) is 0 Å². The summed E-state index contributed by atoms with van der Waals surface area (Å²) in [5.41, 5.74) is 3.21. The number of hydrogen-bond acceptors (Lipinski definition) is 6. The lowest BCUT2D eigenvalue weighted by Crippen LogP contribution is -2.06. The zero-order valence-electron chi connectivity index (χ0n) is 16.0. The summed E-state index contributed by atoms with van der Waals surface area (Å²) in [6.07, 6.45) is 0. The van der Waals surface area contributed by atoms with Crippen molar-refractivity contribution in [1.29, 1.82) is 0 Å². The summed E-state index contributed by atoms with van der Waals surface area (Å²) in [5.74, 6) is 1.66. The van der Waals surface area contributed by atoms with Gasteiger partial charge in [-0.25, -0.2) is 0 Å². The molecule has 0 saturated heterocycles. The lowest BCUT2D eigenvalue weighted by atomic mass is 10.1. The Balaban J connectivity index is 1.63. The number of nitrogens with zero attached hydrogens (tertiary/aromatic N) is 7. The van der Waals surface area contributed by atoms with Gasteiger partial charge in [0.05, 0.1) is 10.9 Å². The van der Waals surface area contributed by atoms with Crippen molar-refractivity contribution < 1.29 is 0 Å². The first kappa shape index (κ1) is 18.4. The van der Waals surface area contributed by atoms with E-state index in [4.69, 9.17) is 0 Å². The van der Waals surface area contributed by atoms with Crippen LogP contribution in [-0.4, -0.2) is 35.0 Å². The number of rotatable bonds is 6. The van der Waals surface area contributed by atoms with Gasteiger partial charge in [0.15, 0.2) is 16.8 Å². The lowest BCUT2D eigenvalue weighted by molar-refractivity contribution is 0.683. The first-order valence-corrected chi connectivity index (χ1v) is 10.1. The van der Waals surface area contributed by atoms with Gasteiger partial charge in [-0.05, 0) is 49.4 Å². The van der Waals surface area contributed by atoms with Gasteiger partial charge in [0.2, 0.25) is 0 Å². The Kier molecular flexibility index (Phi) is 5.21. The molecule has 0 aliphatic heterocycles. The van der Waals surface area contributed by atoms with E-state index in [0.717, 1.165) is 34.6 Å². The maximum Gasteiger partial charge on any atom is 0.192 e. The van der Waals surface area contributed by atoms with Crippen LogP contribution in [0.1, 0.15) is 30.5 Å². The van der Waals surface area contributed by atoms with Crippen molar-refractivity contribution in [3.8, 4) is 17.1 Å². The van der Waals surface area contributed by atoms with E-state index in [9.17, 15) is 0 Å². The van der Waals surface area contributed by atoms with E-state index in [1.807, 2.05) is 36.4 Å². The zero-order chi connectivity index (χ0) is 19.5. The van der Waals surface area contributed by atoms with Crippen LogP contribution in [0, 0.1) is 6.92 Å². The monoisotopic (exact) mass is 391 g/mol. The Morgan fingerprint density at radius 3 is 2.57 bits per heavy atom. The minimum absolute atomic E-state index is 0.00932. The third-order valence-corrected chi connectivity index (χ3v) is 5.53. The molecule has 7 nitrogen and oxygen atoms in total. The second-order valence-corrected chi connectivity index (χ2v) is 7.77. The van der Waals surface area contributed by atoms with Gasteiger partial charge in [-0.1, -0.05) is 53.7 Å². The largest absolute Gasteiger partial charge is 0.302 e. The third-order valence-electron chi connectivity index (χ3n) is 4.45. The fraction of sp³-hybridized carbons (Fsp3) is 0.250. The Morgan fingerprint density at radius 1 is 1.00 bits per heavy atom. The molecule has 0 saturated carbocycles. The predicted octanol–water partition coefficient (Wildman–Crippen LogP) is 4.10. The molecule has 4 aromatic rings. The summed E-state index contributed by atoms with van der Waals surface area (Å²) in [7, 11) is 0. The highest BCUT2D eigenvalue weighted by molar-refractivity contribution is 7.99. The Labute approximate surface area is 167 Å². The van der Waals surface area contributed by atoms with E-state index in [-0.39, 0.29) is 5.25 Å². The number of aryl methyl sites for hydroxylation is 1. The second-order valence-electron chi connectivity index (χ2n) is 6.46. The van der Waals surface area contributed by atoms with E-state index in [1.165, 1.54) is 5.56 Å². The van der Waals surface area contributed by atoms with Gasteiger partial charge in [0.25, 0.3) is 0 Å². The molecule has 0 spiro atoms. The smallest absolute Gasteiger partial charge is 0.192 e. The van der Waals surface area contributed by atoms with Gasteiger partial charge in [0, 0.05) is 12.1 Å². The molecular weight excluding hydrogens is 370 g/mol. The van der Waals surface area contributed by atoms with Gasteiger partial charge < -0.3 is 4.57 Å². The number of hydrogen-bond donors (Lipinski definition) is 0. The van der Waals surface area contributed by atoms with Crippen LogP contribution >= 0.6 is 11.8 Å². The summed E-state index contributed by atoms with van der Waals surface area (Å²) < 4.78 is 3.90. The highest BCUT2D eigenvalue weighted by Crippen LogP contribution is 2.35. The molecule has 8 heteroatoms. The van der Waals surface area contributed by atoms with E-state index >= 15 is 0 Å². The van der Waals surface area contributed by atoms with E-state index in [2.05, 4.69) is 69.3 Å². The number of thioether (sulfide) groups is 1. The van der Waals surface area contributed by atoms with Crippen LogP contribution in [0.5, 0.6) is 0 Å². The Morgan fingerprint density at radius 2 is 1.82 bits per heavy atom. The molecule has 0 bridgehead atoms. The quantitative estimate of drug-likeness (QED) is 0.461. The Bertz CT molecular complexity index is 1070. The van der Waals surface area contributed by atoms with Gasteiger partial charge in [-0.3, -0.25) is 0 Å². The van der Waals surface area contributed by atoms with Crippen molar-refractivity contribution in [2.45, 2.75) is 37.7 Å². The lowest BCUT2D eigenvalue weighted by Gasteiger charge is -2.12. The maximum atomic E-state index is 4.45. The SMILES string of the molecule is CCn1c(SC(C)c2nnnn2-c2ccccc2)nnc1-c1cccc(C)c1. The van der Waals surface area contributed by atoms with Crippen LogP contribution in [0.4, 0.5) is 0 Å². The predicted molar refractivity (Wildman–Crippen MR) is 109 cm³/mol. The highest BCUT2D eigenvalue weighted by Gasteiger charge is 2.21. The summed E-state index contributed by atoms with van der Waals surface area (Å²) >= 11 is 1.61. The fourth-order valence-electron chi connectivity index (χ4n) is 3.07. The van der Waals surface area contributed by atoms with Crippen molar-refractivity contribution in [2.75, 3.05) is 0 Å². The molecule has 2 aromatic carbocycles. The van der Waals surface area contributed by atoms with Crippen molar-refractivity contribution in [3.05, 3.63) is 66.0 Å². The third kappa shape index (κ3) is 3.55. The first-order valence-electron chi connectivity index (χ1n) is 9.18. The number of benzene rings is 2. The van der Waals surface area contributed by atoms with Crippen LogP contribution in [-0.2, 0) is 6.54 Å². The topological polar surface area (TPSA) is 74.3 Å². The van der Waals surface area contributed by atoms with E-state index in [1.54, 1.807) is 16.4 Å². The molecule has 0 N–H and O–H groups in total. The average molecular weight is 392 g/mol. The van der Waals surface area contributed by atoms with Crippen LogP contribution in [0.15, 0.2) is 59.8 Å². The average Bonchev–Trinajstić information content (AvgIpc) is 3.35. The van der Waals surface area contributed by atoms with Crippen LogP contribution < -0.4 is 0 Å². The molecule has 0 aliphatic carbocycles. The van der Waals surface area contributed by atoms with E-state index < -0.39 is 0 Å². The van der Waals surface area contributed by atoms with Gasteiger partial charge in [-0.15, -0.1) is 15.3 Å². The molecule has 2 aromatic heterocycles. The van der Waals surface area contributed by atoms with Crippen molar-refractivity contribution in [3.63, 3.8) is 0 Å². The zero-order valence-corrected chi connectivity index (χ0v) is 16.8. The van der Waals surface area contributed by atoms with Gasteiger partial charge >= 0.3 is 0 Å². The summed E-state index contributed by atoms with van der Waals surface area (Å²) in [5, 5.41) is 22.0. The summed E-state index contributed by atoms with van der Waals surface area (Å²) in [4.78, 5) is 0. The maximum absolute atomic E-state index is 4.45. The molecule has 1 unspecified atom stereocenters. The van der Waals surface area contributed by atoms with E-state index in [0.29, 0.717) is 0 Å². The normalized spacial score (nSPS) is 12.2. The summed E-state index contributed by atoms with van der Waals surface area (Å²) in [6, 6.07) is 18.2. The number of tetrazole rings is 1. The second kappa shape index (κ2) is 7.93. The molecule has 4 rings (SSSR count). The molecule has 0 amide bonds. The first-order chi connectivity index (χ1) is 13.7. The Hall–Kier alpha value is -3.00. The fourth-order valence-corrected chi connectivity index (χ4v) is 4.07. The van der Waals surface area contributed by atoms with Crippen molar-refractivity contribution in [1.82, 2.24) is 35.0 Å². The molecule has 0 radical (unpaired) electrons. The molecule has 0 aliphatic rings.